The molecular weight excluding hydrogens is 359 g/mol. The number of nitrogens with zero attached hydrogens (tertiary/aromatic N) is 6. The lowest BCUT2D eigenvalue weighted by molar-refractivity contribution is 0.365. The van der Waals surface area contributed by atoms with Crippen LogP contribution in [0.3, 0.4) is 0 Å². The molecule has 3 heterocycles. The van der Waals surface area contributed by atoms with Crippen LogP contribution >= 0.6 is 23.2 Å². The monoisotopic (exact) mass is 372 g/mol. The number of rotatable bonds is 3. The summed E-state index contributed by atoms with van der Waals surface area (Å²) in [7, 11) is 0. The van der Waals surface area contributed by atoms with Gasteiger partial charge in [0.05, 0.1) is 34.7 Å². The van der Waals surface area contributed by atoms with Gasteiger partial charge in [-0.15, -0.1) is 4.80 Å². The van der Waals surface area contributed by atoms with Crippen molar-refractivity contribution in [1.29, 1.82) is 0 Å². The highest BCUT2D eigenvalue weighted by atomic mass is 35.5. The fourth-order valence-electron chi connectivity index (χ4n) is 2.96. The van der Waals surface area contributed by atoms with E-state index in [1.807, 2.05) is 12.1 Å². The van der Waals surface area contributed by atoms with Crippen LogP contribution in [0.1, 0.15) is 16.8 Å². The van der Waals surface area contributed by atoms with Crippen LogP contribution in [-0.4, -0.2) is 36.4 Å². The molecule has 0 fully saturated rings. The SMILES string of the molecule is C=C(c1cccc(Cl)c1Cl)N1CCc2c(ncnc2-n2nccn2)C1. The zero-order chi connectivity index (χ0) is 17.4. The minimum absolute atomic E-state index is 0.518. The summed E-state index contributed by atoms with van der Waals surface area (Å²) in [5.74, 6) is 0.723. The summed E-state index contributed by atoms with van der Waals surface area (Å²) in [4.78, 5) is 12.4. The molecule has 126 valence electrons. The van der Waals surface area contributed by atoms with E-state index in [0.29, 0.717) is 16.6 Å². The second-order valence-corrected chi connectivity index (χ2v) is 6.45. The quantitative estimate of drug-likeness (QED) is 0.704. The molecule has 25 heavy (non-hydrogen) atoms. The van der Waals surface area contributed by atoms with Crippen LogP contribution in [0.5, 0.6) is 0 Å². The molecule has 0 aliphatic carbocycles. The van der Waals surface area contributed by atoms with Gasteiger partial charge >= 0.3 is 0 Å². The average molecular weight is 373 g/mol. The van der Waals surface area contributed by atoms with Crippen molar-refractivity contribution < 1.29 is 0 Å². The molecule has 0 bridgehead atoms. The topological polar surface area (TPSA) is 59.7 Å². The second-order valence-electron chi connectivity index (χ2n) is 5.66. The van der Waals surface area contributed by atoms with E-state index in [0.717, 1.165) is 41.3 Å². The molecule has 8 heteroatoms. The maximum atomic E-state index is 6.34. The van der Waals surface area contributed by atoms with Crippen LogP contribution in [0.15, 0.2) is 43.5 Å². The molecule has 1 aliphatic rings. The summed E-state index contributed by atoms with van der Waals surface area (Å²) in [5, 5.41) is 9.38. The summed E-state index contributed by atoms with van der Waals surface area (Å²) in [6.07, 6.45) is 5.57. The Balaban J connectivity index is 1.65. The van der Waals surface area contributed by atoms with Gasteiger partial charge in [-0.1, -0.05) is 41.9 Å². The van der Waals surface area contributed by atoms with E-state index in [-0.39, 0.29) is 0 Å². The number of benzene rings is 1. The van der Waals surface area contributed by atoms with Crippen LogP contribution in [0.25, 0.3) is 11.5 Å². The highest BCUT2D eigenvalue weighted by molar-refractivity contribution is 6.43. The Morgan fingerprint density at radius 2 is 1.92 bits per heavy atom. The highest BCUT2D eigenvalue weighted by Crippen LogP contribution is 2.33. The number of hydrogen-bond acceptors (Lipinski definition) is 5. The predicted octanol–water partition coefficient (Wildman–Crippen LogP) is 3.39. The van der Waals surface area contributed by atoms with Crippen molar-refractivity contribution >= 4 is 28.9 Å². The Morgan fingerprint density at radius 3 is 2.72 bits per heavy atom. The summed E-state index contributed by atoms with van der Waals surface area (Å²) in [5.41, 5.74) is 3.66. The van der Waals surface area contributed by atoms with E-state index in [1.54, 1.807) is 18.5 Å². The third-order valence-electron chi connectivity index (χ3n) is 4.24. The Kier molecular flexibility index (Phi) is 4.15. The molecule has 0 saturated carbocycles. The summed E-state index contributed by atoms with van der Waals surface area (Å²) in [6, 6.07) is 5.56. The lowest BCUT2D eigenvalue weighted by Crippen LogP contribution is -2.31. The minimum atomic E-state index is 0.518. The third-order valence-corrected chi connectivity index (χ3v) is 5.06. The summed E-state index contributed by atoms with van der Waals surface area (Å²) >= 11 is 12.5. The van der Waals surface area contributed by atoms with Crippen molar-refractivity contribution in [2.45, 2.75) is 13.0 Å². The van der Waals surface area contributed by atoms with E-state index < -0.39 is 0 Å². The lowest BCUT2D eigenvalue weighted by Gasteiger charge is -2.32. The molecule has 0 saturated heterocycles. The Hall–Kier alpha value is -2.44. The molecular formula is C17H14Cl2N6. The maximum absolute atomic E-state index is 6.34. The normalized spacial score (nSPS) is 13.6. The first-order chi connectivity index (χ1) is 12.1. The third kappa shape index (κ3) is 2.88. The molecule has 1 aromatic carbocycles. The fourth-order valence-corrected chi connectivity index (χ4v) is 3.37. The van der Waals surface area contributed by atoms with Crippen LogP contribution in [0.4, 0.5) is 0 Å². The smallest absolute Gasteiger partial charge is 0.180 e. The molecule has 2 aromatic heterocycles. The Morgan fingerprint density at radius 1 is 1.12 bits per heavy atom. The average Bonchev–Trinajstić information content (AvgIpc) is 3.17. The van der Waals surface area contributed by atoms with Crippen LogP contribution < -0.4 is 0 Å². The first-order valence-electron chi connectivity index (χ1n) is 7.73. The lowest BCUT2D eigenvalue weighted by atomic mass is 10.0. The van der Waals surface area contributed by atoms with Crippen molar-refractivity contribution in [3.63, 3.8) is 0 Å². The van der Waals surface area contributed by atoms with Gasteiger partial charge in [0, 0.05) is 23.4 Å². The van der Waals surface area contributed by atoms with Crippen molar-refractivity contribution in [2.75, 3.05) is 6.54 Å². The fraction of sp³-hybridized carbons (Fsp3) is 0.176. The molecule has 0 radical (unpaired) electrons. The molecule has 3 aromatic rings. The van der Waals surface area contributed by atoms with E-state index >= 15 is 0 Å². The molecule has 1 aliphatic heterocycles. The minimum Gasteiger partial charge on any atom is -0.365 e. The van der Waals surface area contributed by atoms with Gasteiger partial charge in [-0.3, -0.25) is 0 Å². The van der Waals surface area contributed by atoms with Gasteiger partial charge in [-0.05, 0) is 12.5 Å². The maximum Gasteiger partial charge on any atom is 0.180 e. The zero-order valence-electron chi connectivity index (χ0n) is 13.2. The second kappa shape index (κ2) is 6.46. The summed E-state index contributed by atoms with van der Waals surface area (Å²) < 4.78 is 0. The standard InChI is InChI=1S/C17H14Cl2N6/c1-11(12-3-2-4-14(18)16(12)19)24-8-5-13-15(9-24)20-10-21-17(13)25-22-6-7-23-25/h2-4,6-7,10H,1,5,8-9H2. The zero-order valence-corrected chi connectivity index (χ0v) is 14.7. The molecule has 0 amide bonds. The van der Waals surface area contributed by atoms with E-state index in [2.05, 4.69) is 31.6 Å². The van der Waals surface area contributed by atoms with Gasteiger partial charge in [0.25, 0.3) is 0 Å². The van der Waals surface area contributed by atoms with Gasteiger partial charge < -0.3 is 4.90 Å². The van der Waals surface area contributed by atoms with Gasteiger partial charge in [-0.2, -0.15) is 10.2 Å². The van der Waals surface area contributed by atoms with Crippen molar-refractivity contribution in [3.8, 4) is 5.82 Å². The highest BCUT2D eigenvalue weighted by Gasteiger charge is 2.24. The van der Waals surface area contributed by atoms with E-state index in [9.17, 15) is 0 Å². The number of hydrogen-bond donors (Lipinski definition) is 0. The van der Waals surface area contributed by atoms with Gasteiger partial charge in [0.2, 0.25) is 0 Å². The van der Waals surface area contributed by atoms with Crippen LogP contribution in [0, 0.1) is 0 Å². The molecule has 0 unspecified atom stereocenters. The van der Waals surface area contributed by atoms with Gasteiger partial charge in [0.1, 0.15) is 6.33 Å². The molecule has 0 N–H and O–H groups in total. The van der Waals surface area contributed by atoms with Crippen molar-refractivity contribution in [3.05, 3.63) is 70.4 Å². The van der Waals surface area contributed by atoms with Gasteiger partial charge in [0.15, 0.2) is 5.82 Å². The Labute approximate surface area is 154 Å². The largest absolute Gasteiger partial charge is 0.365 e. The molecule has 0 spiro atoms. The number of aromatic nitrogens is 5. The molecule has 4 rings (SSSR count). The van der Waals surface area contributed by atoms with Crippen molar-refractivity contribution in [2.24, 2.45) is 0 Å². The predicted molar refractivity (Wildman–Crippen MR) is 96.6 cm³/mol. The van der Waals surface area contributed by atoms with Crippen LogP contribution in [-0.2, 0) is 13.0 Å². The molecule has 6 nitrogen and oxygen atoms in total. The Bertz CT molecular complexity index is 938. The number of fused-ring (bicyclic) bond motifs is 1. The van der Waals surface area contributed by atoms with Crippen molar-refractivity contribution in [1.82, 2.24) is 29.9 Å². The molecule has 0 atom stereocenters. The van der Waals surface area contributed by atoms with E-state index in [4.69, 9.17) is 23.2 Å². The van der Waals surface area contributed by atoms with Gasteiger partial charge in [-0.25, -0.2) is 9.97 Å². The number of halogens is 2. The van der Waals surface area contributed by atoms with E-state index in [1.165, 1.54) is 11.1 Å². The first-order valence-corrected chi connectivity index (χ1v) is 8.48. The first kappa shape index (κ1) is 16.1. The summed E-state index contributed by atoms with van der Waals surface area (Å²) in [6.45, 7) is 5.60. The van der Waals surface area contributed by atoms with Crippen LogP contribution in [0.2, 0.25) is 10.0 Å².